The molecule has 1 fully saturated rings. The number of hydrogen-bond acceptors (Lipinski definition) is 6. The zero-order valence-corrected chi connectivity index (χ0v) is 17.1. The molecule has 0 aliphatic carbocycles. The topological polar surface area (TPSA) is 94.2 Å². The molecule has 0 atom stereocenters. The number of fused-ring (bicyclic) bond motifs is 1. The van der Waals surface area contributed by atoms with Crippen molar-refractivity contribution in [2.45, 2.75) is 6.42 Å². The fourth-order valence-corrected chi connectivity index (χ4v) is 3.84. The van der Waals surface area contributed by atoms with Crippen LogP contribution in [0.4, 0.5) is 5.82 Å². The van der Waals surface area contributed by atoms with E-state index in [0.717, 1.165) is 52.9 Å². The average molecular weight is 411 g/mol. The van der Waals surface area contributed by atoms with Gasteiger partial charge in [0.05, 0.1) is 7.11 Å². The fraction of sp³-hybridized carbons (Fsp3) is 0.167. The van der Waals surface area contributed by atoms with Gasteiger partial charge in [-0.1, -0.05) is 18.2 Å². The summed E-state index contributed by atoms with van der Waals surface area (Å²) in [5.74, 6) is 1.60. The molecule has 4 aromatic rings. The predicted octanol–water partition coefficient (Wildman–Crippen LogP) is 3.68. The van der Waals surface area contributed by atoms with Crippen LogP contribution in [0.1, 0.15) is 16.8 Å². The summed E-state index contributed by atoms with van der Waals surface area (Å²) in [6, 6.07) is 15.0. The van der Waals surface area contributed by atoms with E-state index in [2.05, 4.69) is 9.88 Å². The summed E-state index contributed by atoms with van der Waals surface area (Å²) in [4.78, 5) is 28.1. The summed E-state index contributed by atoms with van der Waals surface area (Å²) in [5, 5.41) is 0.876. The molecule has 1 saturated heterocycles. The molecule has 0 unspecified atom stereocenters. The number of primary amides is 1. The van der Waals surface area contributed by atoms with Crippen molar-refractivity contribution < 1.29 is 9.53 Å². The lowest BCUT2D eigenvalue weighted by molar-refractivity contribution is 0.100. The van der Waals surface area contributed by atoms with Gasteiger partial charge in [-0.15, -0.1) is 0 Å². The molecule has 31 heavy (non-hydrogen) atoms. The van der Waals surface area contributed by atoms with E-state index in [1.807, 2.05) is 36.4 Å². The lowest BCUT2D eigenvalue weighted by Gasteiger charge is -2.33. The molecule has 0 radical (unpaired) electrons. The normalized spacial score (nSPS) is 13.1. The molecular formula is C24H21N5O2. The quantitative estimate of drug-likeness (QED) is 0.538. The maximum absolute atomic E-state index is 12.0. The average Bonchev–Trinajstić information content (AvgIpc) is 2.77. The fourth-order valence-electron chi connectivity index (χ4n) is 3.84. The molecule has 0 bridgehead atoms. The highest BCUT2D eigenvalue weighted by molar-refractivity contribution is 6.03. The van der Waals surface area contributed by atoms with Crippen molar-refractivity contribution in [3.05, 3.63) is 66.5 Å². The predicted molar refractivity (Wildman–Crippen MR) is 120 cm³/mol. The van der Waals surface area contributed by atoms with Gasteiger partial charge in [0.15, 0.2) is 5.82 Å². The highest BCUT2D eigenvalue weighted by atomic mass is 16.5. The van der Waals surface area contributed by atoms with Crippen LogP contribution in [0.2, 0.25) is 0 Å². The Bertz CT molecular complexity index is 1290. The Morgan fingerprint density at radius 2 is 1.90 bits per heavy atom. The van der Waals surface area contributed by atoms with Gasteiger partial charge in [0, 0.05) is 42.0 Å². The third kappa shape index (κ3) is 3.34. The first-order valence-corrected chi connectivity index (χ1v) is 10.1. The van der Waals surface area contributed by atoms with E-state index in [4.69, 9.17) is 20.4 Å². The maximum atomic E-state index is 12.0. The summed E-state index contributed by atoms with van der Waals surface area (Å²) in [6.07, 6.45) is 4.60. The molecule has 7 nitrogen and oxygen atoms in total. The number of carbonyl (C=O) groups is 1. The minimum absolute atomic E-state index is 0.460. The second-order valence-electron chi connectivity index (χ2n) is 7.44. The molecular weight excluding hydrogens is 390 g/mol. The van der Waals surface area contributed by atoms with Crippen molar-refractivity contribution in [2.24, 2.45) is 5.73 Å². The van der Waals surface area contributed by atoms with Crippen molar-refractivity contribution in [1.82, 2.24) is 15.0 Å². The van der Waals surface area contributed by atoms with Gasteiger partial charge in [-0.05, 0) is 47.9 Å². The molecule has 5 rings (SSSR count). The Labute approximate surface area is 179 Å². The monoisotopic (exact) mass is 411 g/mol. The van der Waals surface area contributed by atoms with Crippen molar-refractivity contribution in [1.29, 1.82) is 0 Å². The lowest BCUT2D eigenvalue weighted by Crippen LogP contribution is -2.37. The number of pyridine rings is 1. The van der Waals surface area contributed by atoms with Gasteiger partial charge in [0.25, 0.3) is 0 Å². The van der Waals surface area contributed by atoms with E-state index >= 15 is 0 Å². The zero-order valence-electron chi connectivity index (χ0n) is 17.1. The van der Waals surface area contributed by atoms with E-state index in [1.165, 1.54) is 0 Å². The van der Waals surface area contributed by atoms with Crippen LogP contribution in [0.15, 0.2) is 60.9 Å². The van der Waals surface area contributed by atoms with Crippen molar-refractivity contribution in [3.63, 3.8) is 0 Å². The highest BCUT2D eigenvalue weighted by Gasteiger charge is 2.23. The molecule has 0 saturated carbocycles. The minimum Gasteiger partial charge on any atom is -0.494 e. The molecule has 3 heterocycles. The van der Waals surface area contributed by atoms with Gasteiger partial charge in [-0.25, -0.2) is 9.97 Å². The molecule has 154 valence electrons. The number of nitrogens with two attached hydrogens (primary N) is 1. The highest BCUT2D eigenvalue weighted by Crippen LogP contribution is 2.38. The number of methoxy groups -OCH3 is 1. The smallest absolute Gasteiger partial charge is 0.249 e. The second-order valence-corrected chi connectivity index (χ2v) is 7.44. The van der Waals surface area contributed by atoms with Gasteiger partial charge < -0.3 is 15.4 Å². The molecule has 2 aromatic carbocycles. The second kappa shape index (κ2) is 7.68. The molecule has 2 N–H and O–H groups in total. The van der Waals surface area contributed by atoms with Crippen LogP contribution in [0.25, 0.3) is 33.4 Å². The Hall–Kier alpha value is -4.00. The van der Waals surface area contributed by atoms with E-state index in [1.54, 1.807) is 31.6 Å². The largest absolute Gasteiger partial charge is 0.494 e. The standard InChI is InChI=1S/C24H21N5O2/c1-31-20-13-16(17-7-2-3-8-18(17)22(25)30)12-19-21(20)27-23(15-6-4-9-26-14-15)28-24(19)29-10-5-11-29/h2-4,6-9,12-14H,5,10-11H2,1H3,(H2,25,30). The van der Waals surface area contributed by atoms with Gasteiger partial charge in [-0.2, -0.15) is 0 Å². The third-order valence-electron chi connectivity index (χ3n) is 5.54. The molecule has 1 amide bonds. The Balaban J connectivity index is 1.79. The number of aromatic nitrogens is 3. The summed E-state index contributed by atoms with van der Waals surface area (Å²) in [5.41, 5.74) is 9.23. The Morgan fingerprint density at radius 1 is 1.06 bits per heavy atom. The van der Waals surface area contributed by atoms with Gasteiger partial charge in [0.2, 0.25) is 5.91 Å². The van der Waals surface area contributed by atoms with Crippen LogP contribution < -0.4 is 15.4 Å². The van der Waals surface area contributed by atoms with E-state index in [-0.39, 0.29) is 0 Å². The van der Waals surface area contributed by atoms with Crippen molar-refractivity contribution in [3.8, 4) is 28.3 Å². The minimum atomic E-state index is -0.471. The van der Waals surface area contributed by atoms with Gasteiger partial charge in [0.1, 0.15) is 17.1 Å². The molecule has 1 aliphatic heterocycles. The first-order valence-electron chi connectivity index (χ1n) is 10.1. The van der Waals surface area contributed by atoms with Crippen molar-refractivity contribution >= 4 is 22.6 Å². The van der Waals surface area contributed by atoms with Gasteiger partial charge in [-0.3, -0.25) is 9.78 Å². The SMILES string of the molecule is COc1cc(-c2ccccc2C(N)=O)cc2c(N3CCC3)nc(-c3cccnc3)nc12. The summed E-state index contributed by atoms with van der Waals surface area (Å²) >= 11 is 0. The van der Waals surface area contributed by atoms with Crippen LogP contribution in [0.5, 0.6) is 5.75 Å². The van der Waals surface area contributed by atoms with Crippen molar-refractivity contribution in [2.75, 3.05) is 25.1 Å². The number of nitrogens with zero attached hydrogens (tertiary/aromatic N) is 4. The number of amides is 1. The molecule has 0 spiro atoms. The van der Waals surface area contributed by atoms with Crippen LogP contribution in [0.3, 0.4) is 0 Å². The van der Waals surface area contributed by atoms with E-state index < -0.39 is 5.91 Å². The first kappa shape index (κ1) is 19.0. The first-order chi connectivity index (χ1) is 15.2. The van der Waals surface area contributed by atoms with Crippen LogP contribution >= 0.6 is 0 Å². The number of ether oxygens (including phenoxy) is 1. The van der Waals surface area contributed by atoms with Crippen LogP contribution in [-0.4, -0.2) is 41.1 Å². The molecule has 1 aliphatic rings. The molecule has 7 heteroatoms. The lowest BCUT2D eigenvalue weighted by atomic mass is 9.97. The number of benzene rings is 2. The zero-order chi connectivity index (χ0) is 21.4. The van der Waals surface area contributed by atoms with E-state index in [0.29, 0.717) is 17.1 Å². The number of rotatable bonds is 5. The van der Waals surface area contributed by atoms with Crippen LogP contribution in [-0.2, 0) is 0 Å². The summed E-state index contributed by atoms with van der Waals surface area (Å²) in [7, 11) is 1.62. The van der Waals surface area contributed by atoms with Gasteiger partial charge >= 0.3 is 0 Å². The summed E-state index contributed by atoms with van der Waals surface area (Å²) < 4.78 is 5.73. The number of anilines is 1. The Morgan fingerprint density at radius 3 is 2.58 bits per heavy atom. The molecule has 2 aromatic heterocycles. The Kier molecular flexibility index (Phi) is 4.71. The summed E-state index contributed by atoms with van der Waals surface area (Å²) in [6.45, 7) is 1.87. The van der Waals surface area contributed by atoms with E-state index in [9.17, 15) is 4.79 Å². The third-order valence-corrected chi connectivity index (χ3v) is 5.54. The number of carbonyl (C=O) groups excluding carboxylic acids is 1. The van der Waals surface area contributed by atoms with Crippen LogP contribution in [0, 0.1) is 0 Å². The number of hydrogen-bond donors (Lipinski definition) is 1. The maximum Gasteiger partial charge on any atom is 0.249 e.